The van der Waals surface area contributed by atoms with Gasteiger partial charge in [-0.15, -0.1) is 0 Å². The smallest absolute Gasteiger partial charge is 0.121 e. The third-order valence-corrected chi connectivity index (χ3v) is 2.63. The van der Waals surface area contributed by atoms with Crippen molar-refractivity contribution in [2.24, 2.45) is 0 Å². The van der Waals surface area contributed by atoms with E-state index < -0.39 is 6.10 Å². The molecular formula is C12H10BrNO. The van der Waals surface area contributed by atoms with Gasteiger partial charge in [0.2, 0.25) is 0 Å². The molecule has 1 aromatic heterocycles. The van der Waals surface area contributed by atoms with Gasteiger partial charge in [0.25, 0.3) is 0 Å². The monoisotopic (exact) mass is 263 g/mol. The zero-order chi connectivity index (χ0) is 10.7. The molecule has 1 heterocycles. The summed E-state index contributed by atoms with van der Waals surface area (Å²) in [5.74, 6) is 0. The Morgan fingerprint density at radius 1 is 1.13 bits per heavy atom. The lowest BCUT2D eigenvalue weighted by Crippen LogP contribution is -2.01. The molecule has 0 aliphatic heterocycles. The van der Waals surface area contributed by atoms with Crippen molar-refractivity contribution < 1.29 is 5.11 Å². The van der Waals surface area contributed by atoms with Crippen molar-refractivity contribution in [2.75, 3.05) is 0 Å². The molecule has 2 rings (SSSR count). The summed E-state index contributed by atoms with van der Waals surface area (Å²) >= 11 is 3.35. The first-order valence-corrected chi connectivity index (χ1v) is 5.41. The Balaban J connectivity index is 2.32. The predicted molar refractivity (Wildman–Crippen MR) is 62.4 cm³/mol. The molecule has 0 amide bonds. The fraction of sp³-hybridized carbons (Fsp3) is 0.0833. The van der Waals surface area contributed by atoms with Crippen LogP contribution in [0.2, 0.25) is 0 Å². The van der Waals surface area contributed by atoms with Gasteiger partial charge in [-0.2, -0.15) is 0 Å². The van der Waals surface area contributed by atoms with E-state index in [1.807, 2.05) is 42.5 Å². The maximum atomic E-state index is 10.0. The average Bonchev–Trinajstić information content (AvgIpc) is 2.29. The van der Waals surface area contributed by atoms with Crippen molar-refractivity contribution in [3.8, 4) is 0 Å². The molecule has 0 spiro atoms. The lowest BCUT2D eigenvalue weighted by molar-refractivity contribution is 0.215. The third-order valence-electron chi connectivity index (χ3n) is 2.14. The van der Waals surface area contributed by atoms with Crippen molar-refractivity contribution in [3.63, 3.8) is 0 Å². The van der Waals surface area contributed by atoms with Crippen LogP contribution in [-0.2, 0) is 0 Å². The molecule has 0 saturated heterocycles. The molecule has 1 aromatic carbocycles. The molecular weight excluding hydrogens is 254 g/mol. The van der Waals surface area contributed by atoms with Crippen LogP contribution in [0.25, 0.3) is 0 Å². The van der Waals surface area contributed by atoms with Crippen molar-refractivity contribution in [1.82, 2.24) is 4.98 Å². The van der Waals surface area contributed by atoms with Crippen molar-refractivity contribution in [3.05, 3.63) is 64.4 Å². The number of pyridine rings is 1. The number of nitrogens with zero attached hydrogens (tertiary/aromatic N) is 1. The summed E-state index contributed by atoms with van der Waals surface area (Å²) < 4.78 is 0.919. The van der Waals surface area contributed by atoms with Gasteiger partial charge >= 0.3 is 0 Å². The Hall–Kier alpha value is -1.19. The molecule has 15 heavy (non-hydrogen) atoms. The lowest BCUT2D eigenvalue weighted by atomic mass is 10.1. The van der Waals surface area contributed by atoms with E-state index in [0.29, 0.717) is 5.69 Å². The second kappa shape index (κ2) is 4.55. The molecule has 0 fully saturated rings. The standard InChI is InChI=1S/C12H10BrNO/c13-10-6-7-14-11(8-10)12(15)9-4-2-1-3-5-9/h1-8,12,15H. The number of aliphatic hydroxyl groups is 1. The molecule has 1 atom stereocenters. The number of halogens is 1. The number of benzene rings is 1. The lowest BCUT2D eigenvalue weighted by Gasteiger charge is -2.10. The second-order valence-electron chi connectivity index (χ2n) is 3.21. The summed E-state index contributed by atoms with van der Waals surface area (Å²) in [5, 5.41) is 10.0. The minimum atomic E-state index is -0.663. The quantitative estimate of drug-likeness (QED) is 0.904. The summed E-state index contributed by atoms with van der Waals surface area (Å²) in [5.41, 5.74) is 1.50. The van der Waals surface area contributed by atoms with Gasteiger partial charge in [0, 0.05) is 10.7 Å². The van der Waals surface area contributed by atoms with Crippen LogP contribution in [0.15, 0.2) is 53.1 Å². The number of hydrogen-bond acceptors (Lipinski definition) is 2. The van der Waals surface area contributed by atoms with Gasteiger partial charge in [-0.25, -0.2) is 0 Å². The van der Waals surface area contributed by atoms with E-state index >= 15 is 0 Å². The molecule has 0 saturated carbocycles. The SMILES string of the molecule is OC(c1ccccc1)c1cc(Br)ccn1. The minimum absolute atomic E-state index is 0.649. The van der Waals surface area contributed by atoms with E-state index in [0.717, 1.165) is 10.0 Å². The molecule has 2 aromatic rings. The summed E-state index contributed by atoms with van der Waals surface area (Å²) in [4.78, 5) is 4.14. The summed E-state index contributed by atoms with van der Waals surface area (Å²) in [6, 6.07) is 13.1. The highest BCUT2D eigenvalue weighted by atomic mass is 79.9. The molecule has 2 nitrogen and oxygen atoms in total. The Labute approximate surface area is 96.7 Å². The van der Waals surface area contributed by atoms with Gasteiger partial charge in [0.1, 0.15) is 6.10 Å². The van der Waals surface area contributed by atoms with Crippen molar-refractivity contribution in [1.29, 1.82) is 0 Å². The zero-order valence-corrected chi connectivity index (χ0v) is 9.55. The van der Waals surface area contributed by atoms with E-state index in [4.69, 9.17) is 0 Å². The summed E-state index contributed by atoms with van der Waals surface area (Å²) in [6.07, 6.45) is 1.01. The molecule has 3 heteroatoms. The van der Waals surface area contributed by atoms with Crippen LogP contribution in [0.1, 0.15) is 17.4 Å². The molecule has 1 N–H and O–H groups in total. The van der Waals surface area contributed by atoms with Crippen LogP contribution in [0, 0.1) is 0 Å². The first kappa shape index (κ1) is 10.3. The molecule has 0 bridgehead atoms. The Kier molecular flexibility index (Phi) is 3.14. The second-order valence-corrected chi connectivity index (χ2v) is 4.13. The van der Waals surface area contributed by atoms with Crippen LogP contribution in [0.4, 0.5) is 0 Å². The number of hydrogen-bond donors (Lipinski definition) is 1. The fourth-order valence-electron chi connectivity index (χ4n) is 1.38. The first-order chi connectivity index (χ1) is 7.27. The van der Waals surface area contributed by atoms with Crippen LogP contribution in [-0.4, -0.2) is 10.1 Å². The normalized spacial score (nSPS) is 12.4. The maximum Gasteiger partial charge on any atom is 0.121 e. The van der Waals surface area contributed by atoms with Crippen molar-refractivity contribution >= 4 is 15.9 Å². The van der Waals surface area contributed by atoms with Gasteiger partial charge in [-0.3, -0.25) is 4.98 Å². The van der Waals surface area contributed by atoms with Crippen LogP contribution in [0.3, 0.4) is 0 Å². The Morgan fingerprint density at radius 2 is 1.87 bits per heavy atom. The third kappa shape index (κ3) is 2.43. The van der Waals surface area contributed by atoms with E-state index in [1.54, 1.807) is 6.20 Å². The molecule has 1 unspecified atom stereocenters. The summed E-state index contributed by atoms with van der Waals surface area (Å²) in [7, 11) is 0. The minimum Gasteiger partial charge on any atom is -0.382 e. The van der Waals surface area contributed by atoms with Gasteiger partial charge in [-0.05, 0) is 17.7 Å². The Morgan fingerprint density at radius 3 is 2.53 bits per heavy atom. The molecule has 0 radical (unpaired) electrons. The van der Waals surface area contributed by atoms with Gasteiger partial charge in [-0.1, -0.05) is 46.3 Å². The number of aliphatic hydroxyl groups excluding tert-OH is 1. The van der Waals surface area contributed by atoms with E-state index in [9.17, 15) is 5.11 Å². The van der Waals surface area contributed by atoms with Gasteiger partial charge in [0.15, 0.2) is 0 Å². The fourth-order valence-corrected chi connectivity index (χ4v) is 1.73. The highest BCUT2D eigenvalue weighted by Gasteiger charge is 2.10. The Bertz CT molecular complexity index is 444. The predicted octanol–water partition coefficient (Wildman–Crippen LogP) is 2.93. The molecule has 76 valence electrons. The van der Waals surface area contributed by atoms with Crippen molar-refractivity contribution in [2.45, 2.75) is 6.10 Å². The van der Waals surface area contributed by atoms with Crippen LogP contribution in [0.5, 0.6) is 0 Å². The molecule has 0 aliphatic carbocycles. The van der Waals surface area contributed by atoms with Crippen LogP contribution < -0.4 is 0 Å². The highest BCUT2D eigenvalue weighted by Crippen LogP contribution is 2.21. The first-order valence-electron chi connectivity index (χ1n) is 4.62. The highest BCUT2D eigenvalue weighted by molar-refractivity contribution is 9.10. The number of aromatic nitrogens is 1. The topological polar surface area (TPSA) is 33.1 Å². The summed E-state index contributed by atoms with van der Waals surface area (Å²) in [6.45, 7) is 0. The van der Waals surface area contributed by atoms with Gasteiger partial charge in [0.05, 0.1) is 5.69 Å². The van der Waals surface area contributed by atoms with E-state index in [2.05, 4.69) is 20.9 Å². The maximum absolute atomic E-state index is 10.0. The zero-order valence-electron chi connectivity index (χ0n) is 7.97. The average molecular weight is 264 g/mol. The van der Waals surface area contributed by atoms with Gasteiger partial charge < -0.3 is 5.11 Å². The molecule has 0 aliphatic rings. The van der Waals surface area contributed by atoms with Crippen LogP contribution >= 0.6 is 15.9 Å². The largest absolute Gasteiger partial charge is 0.382 e. The van der Waals surface area contributed by atoms with E-state index in [1.165, 1.54) is 0 Å². The van der Waals surface area contributed by atoms with E-state index in [-0.39, 0.29) is 0 Å². The number of rotatable bonds is 2.